The molecule has 0 radical (unpaired) electrons. The minimum absolute atomic E-state index is 0.396. The van der Waals surface area contributed by atoms with E-state index in [1.54, 1.807) is 27.3 Å². The van der Waals surface area contributed by atoms with Gasteiger partial charge < -0.3 is 14.6 Å². The highest BCUT2D eigenvalue weighted by atomic mass is 16.5. The molecule has 0 aliphatic rings. The Labute approximate surface area is 137 Å². The summed E-state index contributed by atoms with van der Waals surface area (Å²) in [4.78, 5) is 6.33. The first-order valence-corrected chi connectivity index (χ1v) is 7.62. The van der Waals surface area contributed by atoms with Gasteiger partial charge in [-0.1, -0.05) is 12.1 Å². The van der Waals surface area contributed by atoms with Crippen molar-refractivity contribution < 1.29 is 14.6 Å². The predicted octanol–water partition coefficient (Wildman–Crippen LogP) is 2.48. The summed E-state index contributed by atoms with van der Waals surface area (Å²) in [5.74, 6) is 1.42. The summed E-state index contributed by atoms with van der Waals surface area (Å²) in [5.41, 5.74) is 2.22. The Balaban J connectivity index is 2.13. The number of hydrogen-bond donors (Lipinski definition) is 1. The van der Waals surface area contributed by atoms with Crippen LogP contribution < -0.4 is 9.47 Å². The van der Waals surface area contributed by atoms with Gasteiger partial charge in [0.15, 0.2) is 11.5 Å². The Kier molecular flexibility index (Phi) is 6.38. The Morgan fingerprint density at radius 3 is 2.43 bits per heavy atom. The number of methoxy groups -OCH3 is 2. The lowest BCUT2D eigenvalue weighted by molar-refractivity contribution is 0.118. The van der Waals surface area contributed by atoms with Crippen molar-refractivity contribution in [1.29, 1.82) is 0 Å². The molecule has 2 aromatic rings. The molecule has 0 spiro atoms. The van der Waals surface area contributed by atoms with Gasteiger partial charge in [0.25, 0.3) is 0 Å². The Morgan fingerprint density at radius 2 is 1.83 bits per heavy atom. The molecule has 0 saturated carbocycles. The summed E-state index contributed by atoms with van der Waals surface area (Å²) < 4.78 is 10.6. The van der Waals surface area contributed by atoms with E-state index in [0.29, 0.717) is 24.6 Å². The third-order valence-corrected chi connectivity index (χ3v) is 3.51. The van der Waals surface area contributed by atoms with Crippen molar-refractivity contribution >= 4 is 0 Å². The van der Waals surface area contributed by atoms with Gasteiger partial charge in [0.05, 0.1) is 20.3 Å². The minimum atomic E-state index is -0.396. The van der Waals surface area contributed by atoms with Gasteiger partial charge in [0.2, 0.25) is 0 Å². The van der Waals surface area contributed by atoms with Crippen LogP contribution in [-0.2, 0) is 13.1 Å². The zero-order valence-corrected chi connectivity index (χ0v) is 13.9. The molecular weight excluding hydrogens is 292 g/mol. The summed E-state index contributed by atoms with van der Waals surface area (Å²) in [7, 11) is 3.25. The highest BCUT2D eigenvalue weighted by Crippen LogP contribution is 2.28. The molecule has 2 rings (SSSR count). The van der Waals surface area contributed by atoms with Crippen molar-refractivity contribution in [2.75, 3.05) is 20.8 Å². The molecule has 5 nitrogen and oxygen atoms in total. The number of benzene rings is 1. The number of rotatable bonds is 8. The van der Waals surface area contributed by atoms with Crippen molar-refractivity contribution in [2.24, 2.45) is 0 Å². The van der Waals surface area contributed by atoms with Crippen LogP contribution in [0.15, 0.2) is 42.7 Å². The van der Waals surface area contributed by atoms with Crippen molar-refractivity contribution in [3.8, 4) is 11.5 Å². The molecule has 0 aliphatic heterocycles. The van der Waals surface area contributed by atoms with Crippen LogP contribution in [0.1, 0.15) is 18.1 Å². The molecule has 0 saturated heterocycles. The van der Waals surface area contributed by atoms with Crippen LogP contribution in [-0.4, -0.2) is 41.9 Å². The van der Waals surface area contributed by atoms with Crippen LogP contribution in [0.3, 0.4) is 0 Å². The van der Waals surface area contributed by atoms with Crippen LogP contribution >= 0.6 is 0 Å². The predicted molar refractivity (Wildman–Crippen MR) is 89.6 cm³/mol. The van der Waals surface area contributed by atoms with Crippen molar-refractivity contribution in [1.82, 2.24) is 9.88 Å². The fourth-order valence-electron chi connectivity index (χ4n) is 2.55. The molecule has 1 unspecified atom stereocenters. The van der Waals surface area contributed by atoms with E-state index in [1.165, 1.54) is 0 Å². The number of pyridine rings is 1. The highest BCUT2D eigenvalue weighted by Gasteiger charge is 2.12. The fraction of sp³-hybridized carbons (Fsp3) is 0.389. The quantitative estimate of drug-likeness (QED) is 0.811. The van der Waals surface area contributed by atoms with Gasteiger partial charge in [0.1, 0.15) is 0 Å². The zero-order valence-electron chi connectivity index (χ0n) is 13.9. The van der Waals surface area contributed by atoms with Crippen LogP contribution in [0, 0.1) is 0 Å². The Bertz CT molecular complexity index is 602. The van der Waals surface area contributed by atoms with Gasteiger partial charge >= 0.3 is 0 Å². The van der Waals surface area contributed by atoms with E-state index in [-0.39, 0.29) is 0 Å². The number of ether oxygens (including phenoxy) is 2. The van der Waals surface area contributed by atoms with Gasteiger partial charge in [-0.3, -0.25) is 9.88 Å². The number of hydrogen-bond acceptors (Lipinski definition) is 5. The second kappa shape index (κ2) is 8.50. The molecule has 1 heterocycles. The van der Waals surface area contributed by atoms with Gasteiger partial charge in [-0.15, -0.1) is 0 Å². The first-order chi connectivity index (χ1) is 11.1. The minimum Gasteiger partial charge on any atom is -0.493 e. The van der Waals surface area contributed by atoms with E-state index in [4.69, 9.17) is 9.47 Å². The van der Waals surface area contributed by atoms with Crippen molar-refractivity contribution in [3.05, 3.63) is 53.9 Å². The Morgan fingerprint density at radius 1 is 1.09 bits per heavy atom. The van der Waals surface area contributed by atoms with E-state index in [1.807, 2.05) is 36.5 Å². The normalized spacial score (nSPS) is 12.2. The average Bonchev–Trinajstić information content (AvgIpc) is 2.55. The van der Waals surface area contributed by atoms with Crippen LogP contribution in [0.25, 0.3) is 0 Å². The van der Waals surface area contributed by atoms with Crippen molar-refractivity contribution in [3.63, 3.8) is 0 Å². The maximum absolute atomic E-state index is 9.76. The molecule has 124 valence electrons. The summed E-state index contributed by atoms with van der Waals surface area (Å²) >= 11 is 0. The van der Waals surface area contributed by atoms with Gasteiger partial charge in [-0.05, 0) is 36.2 Å². The number of aliphatic hydroxyl groups excluding tert-OH is 1. The smallest absolute Gasteiger partial charge is 0.161 e. The summed E-state index contributed by atoms with van der Waals surface area (Å²) in [5, 5.41) is 9.76. The maximum Gasteiger partial charge on any atom is 0.161 e. The molecule has 0 aliphatic carbocycles. The first kappa shape index (κ1) is 17.2. The second-order valence-electron chi connectivity index (χ2n) is 5.57. The van der Waals surface area contributed by atoms with E-state index < -0.39 is 6.10 Å². The van der Waals surface area contributed by atoms with Crippen LogP contribution in [0.4, 0.5) is 0 Å². The van der Waals surface area contributed by atoms with E-state index in [0.717, 1.165) is 17.7 Å². The number of aliphatic hydroxyl groups is 1. The molecule has 1 aromatic carbocycles. The second-order valence-corrected chi connectivity index (χ2v) is 5.57. The largest absolute Gasteiger partial charge is 0.493 e. The summed E-state index contributed by atoms with van der Waals surface area (Å²) in [6, 6.07) is 9.85. The van der Waals surface area contributed by atoms with E-state index in [2.05, 4.69) is 9.88 Å². The number of aromatic nitrogens is 1. The SMILES string of the molecule is COc1ccc(CN(Cc2cccnc2)CC(C)O)cc1OC. The van der Waals surface area contributed by atoms with E-state index in [9.17, 15) is 5.11 Å². The lowest BCUT2D eigenvalue weighted by Crippen LogP contribution is -2.30. The molecular formula is C18H24N2O3. The molecule has 0 fully saturated rings. The third-order valence-electron chi connectivity index (χ3n) is 3.51. The zero-order chi connectivity index (χ0) is 16.7. The lowest BCUT2D eigenvalue weighted by Gasteiger charge is -2.24. The molecule has 0 amide bonds. The number of nitrogens with zero attached hydrogens (tertiary/aromatic N) is 2. The molecule has 0 bridgehead atoms. The van der Waals surface area contributed by atoms with Crippen molar-refractivity contribution in [2.45, 2.75) is 26.1 Å². The van der Waals surface area contributed by atoms with Crippen LogP contribution in [0.5, 0.6) is 11.5 Å². The summed E-state index contributed by atoms with van der Waals surface area (Å²) in [6.45, 7) is 3.82. The molecule has 1 aromatic heterocycles. The Hall–Kier alpha value is -2.11. The topological polar surface area (TPSA) is 54.8 Å². The first-order valence-electron chi connectivity index (χ1n) is 7.62. The molecule has 1 atom stereocenters. The molecule has 23 heavy (non-hydrogen) atoms. The third kappa shape index (κ3) is 5.23. The maximum atomic E-state index is 9.76. The molecule has 5 heteroatoms. The van der Waals surface area contributed by atoms with Gasteiger partial charge in [-0.2, -0.15) is 0 Å². The van der Waals surface area contributed by atoms with E-state index >= 15 is 0 Å². The lowest BCUT2D eigenvalue weighted by atomic mass is 10.1. The fourth-order valence-corrected chi connectivity index (χ4v) is 2.55. The monoisotopic (exact) mass is 316 g/mol. The summed E-state index contributed by atoms with van der Waals surface area (Å²) in [6.07, 6.45) is 3.22. The van der Waals surface area contributed by atoms with Gasteiger partial charge in [-0.25, -0.2) is 0 Å². The van der Waals surface area contributed by atoms with Crippen LogP contribution in [0.2, 0.25) is 0 Å². The average molecular weight is 316 g/mol. The van der Waals surface area contributed by atoms with Gasteiger partial charge in [0, 0.05) is 32.0 Å². The highest BCUT2D eigenvalue weighted by molar-refractivity contribution is 5.42. The standard InChI is InChI=1S/C18H24N2O3/c1-14(21)11-20(13-16-5-4-8-19-10-16)12-15-6-7-17(22-2)18(9-15)23-3/h4-10,14,21H,11-13H2,1-3H3. The molecule has 1 N–H and O–H groups in total.